The van der Waals surface area contributed by atoms with Gasteiger partial charge in [0.05, 0.1) is 50.4 Å². The molecule has 0 saturated carbocycles. The Bertz CT molecular complexity index is 2550. The zero-order valence-corrected chi connectivity index (χ0v) is 30.4. The SMILES string of the molecule is O=C(O)C[C@@H](C(=O)O)N1C(=O)c2ccc3c4c(N5CCOCC5)cc5c6c(ccc(c7c(N8CCOCC8)cc(c2c37)C1=O)c64)C(=O)N([C@@H](CC(=O)O)C(=O)O)C5=O. The average molecular weight is 793 g/mol. The molecule has 18 nitrogen and oxygen atoms in total. The molecule has 0 bridgehead atoms. The van der Waals surface area contributed by atoms with Gasteiger partial charge < -0.3 is 39.7 Å². The summed E-state index contributed by atoms with van der Waals surface area (Å²) in [6, 6.07) is 5.31. The number of ether oxygens (including phenoxy) is 2. The van der Waals surface area contributed by atoms with Gasteiger partial charge in [0, 0.05) is 81.0 Å². The van der Waals surface area contributed by atoms with E-state index in [0.29, 0.717) is 106 Å². The summed E-state index contributed by atoms with van der Waals surface area (Å²) < 4.78 is 11.3. The fourth-order valence-corrected chi connectivity index (χ4v) is 9.04. The molecule has 5 aromatic carbocycles. The molecule has 4 N–H and O–H groups in total. The minimum atomic E-state index is -2.00. The molecule has 4 aliphatic rings. The quantitative estimate of drug-likeness (QED) is 0.0901. The largest absolute Gasteiger partial charge is 0.481 e. The highest BCUT2D eigenvalue weighted by atomic mass is 16.5. The number of nitrogens with zero attached hydrogens (tertiary/aromatic N) is 4. The van der Waals surface area contributed by atoms with Crippen molar-refractivity contribution in [1.82, 2.24) is 9.80 Å². The fraction of sp³-hybridized carbons (Fsp3) is 0.300. The molecule has 0 unspecified atom stereocenters. The summed E-state index contributed by atoms with van der Waals surface area (Å²) in [7, 11) is 0. The summed E-state index contributed by atoms with van der Waals surface area (Å²) in [6.07, 6.45) is -2.06. The molecular weight excluding hydrogens is 760 g/mol. The summed E-state index contributed by atoms with van der Waals surface area (Å²) in [5, 5.41) is 42.8. The Hall–Kier alpha value is -6.92. The summed E-state index contributed by atoms with van der Waals surface area (Å²) in [4.78, 5) is 111. The minimum Gasteiger partial charge on any atom is -0.481 e. The number of fused-ring (bicyclic) bond motifs is 2. The summed E-state index contributed by atoms with van der Waals surface area (Å²) in [5.41, 5.74) is 0.906. The Balaban J connectivity index is 1.42. The van der Waals surface area contributed by atoms with Gasteiger partial charge in [0.2, 0.25) is 0 Å². The van der Waals surface area contributed by atoms with Crippen molar-refractivity contribution in [1.29, 1.82) is 0 Å². The van der Waals surface area contributed by atoms with Gasteiger partial charge >= 0.3 is 23.9 Å². The first kappa shape index (κ1) is 36.7. The van der Waals surface area contributed by atoms with E-state index in [1.807, 2.05) is 9.80 Å². The second-order valence-electron chi connectivity index (χ2n) is 14.5. The van der Waals surface area contributed by atoms with Gasteiger partial charge in [0.25, 0.3) is 23.6 Å². The number of hydrogen-bond acceptors (Lipinski definition) is 12. The van der Waals surface area contributed by atoms with Crippen LogP contribution in [-0.2, 0) is 28.7 Å². The topological polar surface area (TPSA) is 249 Å². The average Bonchev–Trinajstić information content (AvgIpc) is 3.20. The van der Waals surface area contributed by atoms with Crippen LogP contribution in [0.15, 0.2) is 36.4 Å². The standard InChI is InChI=1S/C40H32N4O14/c45-27(46)15-25(39(53)54)43-35(49)19-3-1-17-31-23(41-5-9-57-10-6-41)13-22-30-20(36(50)44(38(22)52)26(40(55)56)16-28(47)48)4-2-18(34(30)31)32-24(42-7-11-58-12-8-42)14-21(37(43)51)29(19)33(17)32/h1-4,13-14,25-26H,5-12,15-16H2,(H,45,46)(H,47,48)(H,53,54)(H,55,56)/t25-,26-/m0/s1. The molecule has 18 heteroatoms. The number of benzene rings is 5. The first-order chi connectivity index (χ1) is 27.8. The van der Waals surface area contributed by atoms with E-state index in [-0.39, 0.29) is 33.0 Å². The fourth-order valence-electron chi connectivity index (χ4n) is 9.04. The number of rotatable bonds is 10. The van der Waals surface area contributed by atoms with Crippen LogP contribution in [0.4, 0.5) is 11.4 Å². The van der Waals surface area contributed by atoms with Crippen LogP contribution >= 0.6 is 0 Å². The molecule has 2 atom stereocenters. The lowest BCUT2D eigenvalue weighted by Crippen LogP contribution is -2.51. The molecule has 0 spiro atoms. The van der Waals surface area contributed by atoms with E-state index in [4.69, 9.17) is 9.47 Å². The number of carbonyl (C=O) groups excluding carboxylic acids is 4. The van der Waals surface area contributed by atoms with Crippen molar-refractivity contribution in [3.63, 3.8) is 0 Å². The Morgan fingerprint density at radius 1 is 0.500 bits per heavy atom. The molecule has 4 aliphatic heterocycles. The predicted octanol–water partition coefficient (Wildman–Crippen LogP) is 2.46. The van der Waals surface area contributed by atoms with Crippen LogP contribution in [0.25, 0.3) is 43.1 Å². The van der Waals surface area contributed by atoms with E-state index in [0.717, 1.165) is 0 Å². The molecule has 9 rings (SSSR count). The predicted molar refractivity (Wildman–Crippen MR) is 202 cm³/mol. The lowest BCUT2D eigenvalue weighted by molar-refractivity contribution is -0.148. The normalized spacial score (nSPS) is 18.2. The maximum atomic E-state index is 14.5. The van der Waals surface area contributed by atoms with Gasteiger partial charge in [-0.1, -0.05) is 12.1 Å². The van der Waals surface area contributed by atoms with Crippen LogP contribution in [0.3, 0.4) is 0 Å². The molecule has 2 saturated heterocycles. The van der Waals surface area contributed by atoms with Crippen molar-refractivity contribution >= 4 is 102 Å². The summed E-state index contributed by atoms with van der Waals surface area (Å²) in [5.74, 6) is -10.3. The van der Waals surface area contributed by atoms with E-state index in [2.05, 4.69) is 0 Å². The van der Waals surface area contributed by atoms with Crippen LogP contribution in [0.2, 0.25) is 0 Å². The first-order valence-corrected chi connectivity index (χ1v) is 18.4. The first-order valence-electron chi connectivity index (χ1n) is 18.4. The maximum Gasteiger partial charge on any atom is 0.327 e. The number of aliphatic carboxylic acids is 4. The highest BCUT2D eigenvalue weighted by molar-refractivity contribution is 6.44. The van der Waals surface area contributed by atoms with Gasteiger partial charge in [-0.2, -0.15) is 0 Å². The lowest BCUT2D eigenvalue weighted by atomic mass is 9.80. The number of hydrogen-bond donors (Lipinski definition) is 4. The second-order valence-corrected chi connectivity index (χ2v) is 14.5. The Morgan fingerprint density at radius 2 is 0.845 bits per heavy atom. The molecule has 5 aromatic rings. The molecule has 0 aromatic heterocycles. The van der Waals surface area contributed by atoms with Crippen LogP contribution in [-0.4, -0.2) is 142 Å². The molecule has 2 fully saturated rings. The van der Waals surface area contributed by atoms with Crippen LogP contribution < -0.4 is 9.80 Å². The molecule has 296 valence electrons. The van der Waals surface area contributed by atoms with Crippen molar-refractivity contribution in [3.8, 4) is 0 Å². The zero-order chi connectivity index (χ0) is 40.9. The van der Waals surface area contributed by atoms with Crippen molar-refractivity contribution in [2.75, 3.05) is 62.4 Å². The molecule has 4 heterocycles. The van der Waals surface area contributed by atoms with E-state index in [1.54, 1.807) is 24.3 Å². The van der Waals surface area contributed by atoms with Crippen LogP contribution in [0.5, 0.6) is 0 Å². The zero-order valence-electron chi connectivity index (χ0n) is 30.4. The molecule has 4 amide bonds. The van der Waals surface area contributed by atoms with Gasteiger partial charge in [-0.15, -0.1) is 0 Å². The Labute approximate surface area is 325 Å². The maximum absolute atomic E-state index is 14.5. The minimum absolute atomic E-state index is 0.0190. The third-order valence-electron chi connectivity index (χ3n) is 11.5. The van der Waals surface area contributed by atoms with E-state index in [9.17, 15) is 58.8 Å². The van der Waals surface area contributed by atoms with E-state index < -0.39 is 72.4 Å². The molecule has 0 aliphatic carbocycles. The van der Waals surface area contributed by atoms with Gasteiger partial charge in [0.15, 0.2) is 0 Å². The van der Waals surface area contributed by atoms with Crippen LogP contribution in [0.1, 0.15) is 54.3 Å². The van der Waals surface area contributed by atoms with Crippen molar-refractivity contribution in [2.24, 2.45) is 0 Å². The summed E-state index contributed by atoms with van der Waals surface area (Å²) >= 11 is 0. The number of amides is 4. The highest BCUT2D eigenvalue weighted by Crippen LogP contribution is 2.52. The number of carboxylic acids is 4. The van der Waals surface area contributed by atoms with Crippen molar-refractivity contribution < 1.29 is 68.3 Å². The van der Waals surface area contributed by atoms with Gasteiger partial charge in [0.1, 0.15) is 12.1 Å². The number of imide groups is 2. The monoisotopic (exact) mass is 792 g/mol. The lowest BCUT2D eigenvalue weighted by Gasteiger charge is -2.37. The Morgan fingerprint density at radius 3 is 1.17 bits per heavy atom. The number of anilines is 2. The van der Waals surface area contributed by atoms with Crippen LogP contribution in [0, 0.1) is 0 Å². The van der Waals surface area contributed by atoms with Gasteiger partial charge in [-0.3, -0.25) is 38.6 Å². The second kappa shape index (κ2) is 13.3. The van der Waals surface area contributed by atoms with E-state index in [1.165, 1.54) is 12.1 Å². The Kier molecular flexibility index (Phi) is 8.44. The van der Waals surface area contributed by atoms with Crippen molar-refractivity contribution in [2.45, 2.75) is 24.9 Å². The molecular formula is C40H32N4O14. The molecule has 58 heavy (non-hydrogen) atoms. The number of morpholine rings is 2. The highest BCUT2D eigenvalue weighted by Gasteiger charge is 2.45. The third-order valence-corrected chi connectivity index (χ3v) is 11.5. The third kappa shape index (κ3) is 5.24. The smallest absolute Gasteiger partial charge is 0.327 e. The van der Waals surface area contributed by atoms with Gasteiger partial charge in [-0.05, 0) is 35.0 Å². The number of carbonyl (C=O) groups is 8. The van der Waals surface area contributed by atoms with Gasteiger partial charge in [-0.25, -0.2) is 9.59 Å². The number of carboxylic acid groups (broad SMARTS) is 4. The van der Waals surface area contributed by atoms with Crippen molar-refractivity contribution in [3.05, 3.63) is 58.7 Å². The molecule has 0 radical (unpaired) electrons. The summed E-state index contributed by atoms with van der Waals surface area (Å²) in [6.45, 7) is 2.70. The van der Waals surface area contributed by atoms with E-state index >= 15 is 0 Å².